The number of Topliss-reactive ketones (excluding diaryl/α,β-unsaturated/α-hetero) is 1. The predicted molar refractivity (Wildman–Crippen MR) is 110 cm³/mol. The van der Waals surface area contributed by atoms with Crippen molar-refractivity contribution < 1.29 is 19.4 Å². The van der Waals surface area contributed by atoms with Gasteiger partial charge in [0.15, 0.2) is 0 Å². The van der Waals surface area contributed by atoms with Gasteiger partial charge in [0, 0.05) is 27.4 Å². The Kier molecular flexibility index (Phi) is 4.61. The van der Waals surface area contributed by atoms with E-state index in [1.54, 1.807) is 73.7 Å². The average molecular weight is 440 g/mol. The second-order valence-electron chi connectivity index (χ2n) is 6.42. The van der Waals surface area contributed by atoms with Crippen LogP contribution in [0.5, 0.6) is 11.5 Å². The molecule has 0 fully saturated rings. The van der Waals surface area contributed by atoms with Crippen molar-refractivity contribution in [2.75, 3.05) is 19.1 Å². The molecule has 1 unspecified atom stereocenters. The summed E-state index contributed by atoms with van der Waals surface area (Å²) in [5.41, 5.74) is 0.282. The number of carbonyl (C=O) groups excluding carboxylic acids is 1. The van der Waals surface area contributed by atoms with E-state index in [2.05, 4.69) is 15.9 Å². The van der Waals surface area contributed by atoms with Crippen LogP contribution in [0, 0.1) is 0 Å². The molecule has 0 saturated heterocycles. The Balaban J connectivity index is 1.95. The molecular weight excluding hydrogens is 422 g/mol. The lowest BCUT2D eigenvalue weighted by Gasteiger charge is -2.34. The molecule has 142 valence electrons. The van der Waals surface area contributed by atoms with Crippen molar-refractivity contribution in [3.05, 3.63) is 82.3 Å². The molecule has 3 aromatic rings. The topological polar surface area (TPSA) is 59.0 Å². The molecule has 28 heavy (non-hydrogen) atoms. The molecule has 3 aromatic carbocycles. The fraction of sp³-hybridized carbons (Fsp3) is 0.136. The molecule has 4 rings (SSSR count). The number of ketones is 1. The van der Waals surface area contributed by atoms with Crippen LogP contribution in [0.15, 0.2) is 71.2 Å². The SMILES string of the molecule is COc1ccc(N2c3cc(OC)ccc3C(=O)C2(O)c2ccc(Br)cc2)cc1. The summed E-state index contributed by atoms with van der Waals surface area (Å²) in [6.45, 7) is 0. The van der Waals surface area contributed by atoms with Crippen molar-refractivity contribution in [3.63, 3.8) is 0 Å². The zero-order valence-corrected chi connectivity index (χ0v) is 16.9. The molecule has 0 saturated carbocycles. The number of aliphatic hydroxyl groups is 1. The number of rotatable bonds is 4. The lowest BCUT2D eigenvalue weighted by molar-refractivity contribution is 0.0378. The Morgan fingerprint density at radius 1 is 0.893 bits per heavy atom. The Bertz CT molecular complexity index is 1030. The number of ether oxygens (including phenoxy) is 2. The molecule has 1 heterocycles. The second-order valence-corrected chi connectivity index (χ2v) is 7.34. The molecule has 0 amide bonds. The minimum atomic E-state index is -1.87. The maximum atomic E-state index is 13.3. The van der Waals surface area contributed by atoms with Gasteiger partial charge >= 0.3 is 0 Å². The minimum absolute atomic E-state index is 0.386. The first-order valence-electron chi connectivity index (χ1n) is 8.64. The van der Waals surface area contributed by atoms with Crippen molar-refractivity contribution in [2.45, 2.75) is 5.72 Å². The number of methoxy groups -OCH3 is 2. The van der Waals surface area contributed by atoms with E-state index in [-0.39, 0.29) is 5.78 Å². The van der Waals surface area contributed by atoms with Crippen molar-refractivity contribution in [1.29, 1.82) is 0 Å². The molecule has 1 N–H and O–H groups in total. The Hall–Kier alpha value is -2.83. The van der Waals surface area contributed by atoms with E-state index < -0.39 is 5.72 Å². The van der Waals surface area contributed by atoms with Gasteiger partial charge in [-0.15, -0.1) is 0 Å². The largest absolute Gasteiger partial charge is 0.497 e. The van der Waals surface area contributed by atoms with Crippen LogP contribution in [0.2, 0.25) is 0 Å². The van der Waals surface area contributed by atoms with E-state index in [1.807, 2.05) is 12.1 Å². The van der Waals surface area contributed by atoms with Crippen LogP contribution in [0.1, 0.15) is 15.9 Å². The highest BCUT2D eigenvalue weighted by molar-refractivity contribution is 9.10. The molecule has 0 radical (unpaired) electrons. The number of anilines is 2. The summed E-state index contributed by atoms with van der Waals surface area (Å²) < 4.78 is 11.4. The Morgan fingerprint density at radius 2 is 1.50 bits per heavy atom. The first-order chi connectivity index (χ1) is 13.5. The van der Waals surface area contributed by atoms with Gasteiger partial charge in [-0.05, 0) is 48.5 Å². The Labute approximate surface area is 171 Å². The molecule has 1 aliphatic rings. The first-order valence-corrected chi connectivity index (χ1v) is 9.44. The van der Waals surface area contributed by atoms with Gasteiger partial charge < -0.3 is 19.5 Å². The molecule has 1 atom stereocenters. The van der Waals surface area contributed by atoms with Crippen molar-refractivity contribution in [3.8, 4) is 11.5 Å². The summed E-state index contributed by atoms with van der Waals surface area (Å²) in [6, 6.07) is 19.4. The normalized spacial score (nSPS) is 18.1. The predicted octanol–water partition coefficient (Wildman–Crippen LogP) is 4.65. The van der Waals surface area contributed by atoms with Gasteiger partial charge in [0.25, 0.3) is 0 Å². The summed E-state index contributed by atoms with van der Waals surface area (Å²) in [5, 5.41) is 11.7. The van der Waals surface area contributed by atoms with Crippen LogP contribution in [-0.2, 0) is 5.72 Å². The van der Waals surface area contributed by atoms with Gasteiger partial charge in [0.1, 0.15) is 11.5 Å². The molecule has 0 aromatic heterocycles. The number of benzene rings is 3. The number of carbonyl (C=O) groups is 1. The highest BCUT2D eigenvalue weighted by Crippen LogP contribution is 2.49. The van der Waals surface area contributed by atoms with Gasteiger partial charge in [-0.2, -0.15) is 0 Å². The smallest absolute Gasteiger partial charge is 0.234 e. The number of fused-ring (bicyclic) bond motifs is 1. The van der Waals surface area contributed by atoms with Crippen molar-refractivity contribution >= 4 is 33.1 Å². The number of hydrogen-bond donors (Lipinski definition) is 1. The van der Waals surface area contributed by atoms with Crippen LogP contribution < -0.4 is 14.4 Å². The first kappa shape index (κ1) is 18.5. The zero-order chi connectivity index (χ0) is 19.9. The van der Waals surface area contributed by atoms with Crippen molar-refractivity contribution in [2.24, 2.45) is 0 Å². The quantitative estimate of drug-likeness (QED) is 0.641. The highest BCUT2D eigenvalue weighted by Gasteiger charge is 2.52. The maximum Gasteiger partial charge on any atom is 0.234 e. The second kappa shape index (κ2) is 6.96. The fourth-order valence-electron chi connectivity index (χ4n) is 3.48. The molecular formula is C22H18BrNO4. The van der Waals surface area contributed by atoms with Gasteiger partial charge in [0.05, 0.1) is 19.9 Å². The van der Waals surface area contributed by atoms with E-state index in [1.165, 1.54) is 0 Å². The molecule has 0 aliphatic carbocycles. The lowest BCUT2D eigenvalue weighted by Crippen LogP contribution is -2.45. The van der Waals surface area contributed by atoms with Gasteiger partial charge in [-0.25, -0.2) is 0 Å². The molecule has 0 spiro atoms. The summed E-state index contributed by atoms with van der Waals surface area (Å²) in [7, 11) is 3.16. The van der Waals surface area contributed by atoms with Crippen LogP contribution in [0.4, 0.5) is 11.4 Å². The standard InChI is InChI=1S/C22H18BrNO4/c1-27-17-9-7-16(8-10-17)24-20-13-18(28-2)11-12-19(20)21(25)22(24,26)14-3-5-15(23)6-4-14/h3-13,26H,1-2H3. The van der Waals surface area contributed by atoms with Crippen molar-refractivity contribution in [1.82, 2.24) is 0 Å². The number of hydrogen-bond acceptors (Lipinski definition) is 5. The third kappa shape index (κ3) is 2.77. The highest BCUT2D eigenvalue weighted by atomic mass is 79.9. The summed E-state index contributed by atoms with van der Waals surface area (Å²) in [4.78, 5) is 15.0. The molecule has 5 nitrogen and oxygen atoms in total. The van der Waals surface area contributed by atoms with Crippen LogP contribution in [0.3, 0.4) is 0 Å². The monoisotopic (exact) mass is 439 g/mol. The van der Waals surface area contributed by atoms with Crippen LogP contribution >= 0.6 is 15.9 Å². The van der Waals surface area contributed by atoms with Gasteiger partial charge in [-0.1, -0.05) is 28.1 Å². The minimum Gasteiger partial charge on any atom is -0.497 e. The fourth-order valence-corrected chi connectivity index (χ4v) is 3.74. The third-order valence-corrected chi connectivity index (χ3v) is 5.44. The van der Waals surface area contributed by atoms with Gasteiger partial charge in [0.2, 0.25) is 11.5 Å². The number of nitrogens with zero attached hydrogens (tertiary/aromatic N) is 1. The third-order valence-electron chi connectivity index (χ3n) is 4.91. The van der Waals surface area contributed by atoms with E-state index in [4.69, 9.17) is 9.47 Å². The van der Waals surface area contributed by atoms with Crippen LogP contribution in [-0.4, -0.2) is 25.1 Å². The van der Waals surface area contributed by atoms with E-state index in [9.17, 15) is 9.90 Å². The Morgan fingerprint density at radius 3 is 2.11 bits per heavy atom. The maximum absolute atomic E-state index is 13.3. The van der Waals surface area contributed by atoms with Gasteiger partial charge in [-0.3, -0.25) is 4.79 Å². The molecule has 1 aliphatic heterocycles. The summed E-state index contributed by atoms with van der Waals surface area (Å²) in [5.74, 6) is 0.903. The average Bonchev–Trinajstić information content (AvgIpc) is 2.96. The van der Waals surface area contributed by atoms with Crippen LogP contribution in [0.25, 0.3) is 0 Å². The summed E-state index contributed by atoms with van der Waals surface area (Å²) >= 11 is 3.40. The molecule has 6 heteroatoms. The summed E-state index contributed by atoms with van der Waals surface area (Å²) in [6.07, 6.45) is 0. The van der Waals surface area contributed by atoms with E-state index >= 15 is 0 Å². The zero-order valence-electron chi connectivity index (χ0n) is 15.3. The van der Waals surface area contributed by atoms with E-state index in [0.717, 1.165) is 4.47 Å². The van der Waals surface area contributed by atoms with E-state index in [0.29, 0.717) is 34.0 Å². The number of halogens is 1. The molecule has 0 bridgehead atoms. The lowest BCUT2D eigenvalue weighted by atomic mass is 9.96.